The summed E-state index contributed by atoms with van der Waals surface area (Å²) >= 11 is 0. The zero-order chi connectivity index (χ0) is 48.8. The Balaban J connectivity index is 4.20. The van der Waals surface area contributed by atoms with Gasteiger partial charge in [-0.25, -0.2) is 0 Å². The minimum atomic E-state index is -0.761. The lowest BCUT2D eigenvalue weighted by Gasteiger charge is -2.18. The van der Waals surface area contributed by atoms with Gasteiger partial charge < -0.3 is 14.2 Å². The molecule has 0 rings (SSSR count). The third-order valence-electron chi connectivity index (χ3n) is 14.4. The van der Waals surface area contributed by atoms with Gasteiger partial charge in [-0.2, -0.15) is 0 Å². The molecule has 0 aromatic heterocycles. The maximum atomic E-state index is 12.9. The molecular weight excluding hydrogens is 829 g/mol. The van der Waals surface area contributed by atoms with E-state index in [1.165, 1.54) is 244 Å². The van der Waals surface area contributed by atoms with Gasteiger partial charge in [-0.1, -0.05) is 310 Å². The topological polar surface area (TPSA) is 78.9 Å². The molecule has 0 N–H and O–H groups in total. The van der Waals surface area contributed by atoms with E-state index in [4.69, 9.17) is 14.2 Å². The standard InChI is InChI=1S/C61H118O6/c1-5-8-10-12-14-16-18-19-20-23-27-30-33-37-41-45-49-53-60(63)66-56-58(55-65-59(62)52-48-44-40-36-17-15-13-11-9-6-2)67-61(64)54-50-46-42-38-34-31-28-25-22-21-24-26-29-32-35-39-43-47-51-57(4)7-3/h57-58H,5-56H2,1-4H3/t57?,58-/m1/s1. The second-order valence-corrected chi connectivity index (χ2v) is 21.2. The molecular formula is C61H118O6. The normalized spacial score (nSPS) is 12.4. The van der Waals surface area contributed by atoms with E-state index in [1.54, 1.807) is 0 Å². The van der Waals surface area contributed by atoms with Crippen molar-refractivity contribution >= 4 is 17.9 Å². The van der Waals surface area contributed by atoms with Crippen LogP contribution in [-0.2, 0) is 28.6 Å². The lowest BCUT2D eigenvalue weighted by atomic mass is 9.99. The van der Waals surface area contributed by atoms with Crippen molar-refractivity contribution in [2.75, 3.05) is 13.2 Å². The van der Waals surface area contributed by atoms with Gasteiger partial charge in [-0.05, 0) is 25.2 Å². The molecule has 0 amide bonds. The summed E-state index contributed by atoms with van der Waals surface area (Å²) in [5, 5.41) is 0. The van der Waals surface area contributed by atoms with Crippen molar-refractivity contribution in [3.63, 3.8) is 0 Å². The Hall–Kier alpha value is -1.59. The van der Waals surface area contributed by atoms with Crippen molar-refractivity contribution in [3.8, 4) is 0 Å². The Bertz CT molecular complexity index is 1010. The highest BCUT2D eigenvalue weighted by Crippen LogP contribution is 2.19. The first-order valence-corrected chi connectivity index (χ1v) is 30.4. The maximum absolute atomic E-state index is 12.9. The quantitative estimate of drug-likeness (QED) is 0.0343. The molecule has 0 aromatic carbocycles. The molecule has 0 aromatic rings. The fraction of sp³-hybridized carbons (Fsp3) is 0.951. The number of rotatable bonds is 56. The molecule has 67 heavy (non-hydrogen) atoms. The fourth-order valence-corrected chi connectivity index (χ4v) is 9.42. The summed E-state index contributed by atoms with van der Waals surface area (Å²) in [5.41, 5.74) is 0. The van der Waals surface area contributed by atoms with E-state index in [-0.39, 0.29) is 31.1 Å². The van der Waals surface area contributed by atoms with Crippen LogP contribution in [0.2, 0.25) is 0 Å². The van der Waals surface area contributed by atoms with Gasteiger partial charge in [0.15, 0.2) is 6.10 Å². The molecule has 398 valence electrons. The molecule has 0 aliphatic heterocycles. The lowest BCUT2D eigenvalue weighted by molar-refractivity contribution is -0.167. The molecule has 0 spiro atoms. The summed E-state index contributed by atoms with van der Waals surface area (Å²) in [7, 11) is 0. The molecule has 0 radical (unpaired) electrons. The summed E-state index contributed by atoms with van der Waals surface area (Å²) in [6, 6.07) is 0. The first-order valence-electron chi connectivity index (χ1n) is 30.4. The second-order valence-electron chi connectivity index (χ2n) is 21.2. The smallest absolute Gasteiger partial charge is 0.306 e. The third-order valence-corrected chi connectivity index (χ3v) is 14.4. The molecule has 2 atom stereocenters. The molecule has 0 bridgehead atoms. The fourth-order valence-electron chi connectivity index (χ4n) is 9.42. The van der Waals surface area contributed by atoms with E-state index in [0.29, 0.717) is 19.3 Å². The number of hydrogen-bond acceptors (Lipinski definition) is 6. The average Bonchev–Trinajstić information content (AvgIpc) is 3.33. The molecule has 0 fully saturated rings. The molecule has 6 nitrogen and oxygen atoms in total. The Morgan fingerprint density at radius 3 is 0.776 bits per heavy atom. The number of ether oxygens (including phenoxy) is 3. The Kier molecular flexibility index (Phi) is 54.0. The van der Waals surface area contributed by atoms with Crippen molar-refractivity contribution in [1.29, 1.82) is 0 Å². The van der Waals surface area contributed by atoms with Crippen LogP contribution in [0.3, 0.4) is 0 Å². The molecule has 1 unspecified atom stereocenters. The number of unbranched alkanes of at least 4 members (excludes halogenated alkanes) is 42. The number of carbonyl (C=O) groups excluding carboxylic acids is 3. The van der Waals surface area contributed by atoms with Gasteiger partial charge >= 0.3 is 17.9 Å². The van der Waals surface area contributed by atoms with Gasteiger partial charge in [0.25, 0.3) is 0 Å². The van der Waals surface area contributed by atoms with Gasteiger partial charge in [0.05, 0.1) is 0 Å². The van der Waals surface area contributed by atoms with Crippen molar-refractivity contribution in [3.05, 3.63) is 0 Å². The summed E-state index contributed by atoms with van der Waals surface area (Å²) in [6.45, 7) is 9.10. The third kappa shape index (κ3) is 53.6. The van der Waals surface area contributed by atoms with Crippen LogP contribution in [0.25, 0.3) is 0 Å². The monoisotopic (exact) mass is 947 g/mol. The highest BCUT2D eigenvalue weighted by molar-refractivity contribution is 5.71. The predicted molar refractivity (Wildman–Crippen MR) is 289 cm³/mol. The Morgan fingerprint density at radius 2 is 0.522 bits per heavy atom. The average molecular weight is 948 g/mol. The van der Waals surface area contributed by atoms with E-state index >= 15 is 0 Å². The summed E-state index contributed by atoms with van der Waals surface area (Å²) in [5.74, 6) is 0.0750. The second kappa shape index (κ2) is 55.3. The van der Waals surface area contributed by atoms with Crippen LogP contribution >= 0.6 is 0 Å². The number of esters is 3. The summed E-state index contributed by atoms with van der Waals surface area (Å²) in [6.07, 6.45) is 61.0. The minimum absolute atomic E-state index is 0.0616. The van der Waals surface area contributed by atoms with Gasteiger partial charge in [0, 0.05) is 19.3 Å². The number of carbonyl (C=O) groups is 3. The first-order chi connectivity index (χ1) is 32.9. The highest BCUT2D eigenvalue weighted by Gasteiger charge is 2.19. The largest absolute Gasteiger partial charge is 0.462 e. The maximum Gasteiger partial charge on any atom is 0.306 e. The van der Waals surface area contributed by atoms with E-state index in [2.05, 4.69) is 27.7 Å². The predicted octanol–water partition coefficient (Wildman–Crippen LogP) is 20.2. The molecule has 6 heteroatoms. The first kappa shape index (κ1) is 65.4. The van der Waals surface area contributed by atoms with Gasteiger partial charge in [-0.3, -0.25) is 14.4 Å². The number of hydrogen-bond donors (Lipinski definition) is 0. The zero-order valence-corrected chi connectivity index (χ0v) is 45.9. The molecule has 0 aliphatic rings. The molecule has 0 saturated carbocycles. The summed E-state index contributed by atoms with van der Waals surface area (Å²) < 4.78 is 16.9. The van der Waals surface area contributed by atoms with Crippen LogP contribution in [-0.4, -0.2) is 37.2 Å². The Labute approximate surface area is 418 Å². The van der Waals surface area contributed by atoms with E-state index in [1.807, 2.05) is 0 Å². The Morgan fingerprint density at radius 1 is 0.299 bits per heavy atom. The van der Waals surface area contributed by atoms with Crippen LogP contribution < -0.4 is 0 Å². The minimum Gasteiger partial charge on any atom is -0.462 e. The van der Waals surface area contributed by atoms with Crippen molar-refractivity contribution in [2.24, 2.45) is 5.92 Å². The van der Waals surface area contributed by atoms with E-state index in [0.717, 1.165) is 63.7 Å². The molecule has 0 aliphatic carbocycles. The van der Waals surface area contributed by atoms with Gasteiger partial charge in [0.2, 0.25) is 0 Å². The zero-order valence-electron chi connectivity index (χ0n) is 45.9. The SMILES string of the molecule is CCCCCCCCCCCCCCCCCCCC(=O)OC[C@@H](COC(=O)CCCCCCCCCCCC)OC(=O)CCCCCCCCCCCCCCCCCCCCC(C)CC. The van der Waals surface area contributed by atoms with Crippen LogP contribution in [0.4, 0.5) is 0 Å². The van der Waals surface area contributed by atoms with Crippen LogP contribution in [0.15, 0.2) is 0 Å². The molecule has 0 heterocycles. The highest BCUT2D eigenvalue weighted by atomic mass is 16.6. The van der Waals surface area contributed by atoms with Crippen LogP contribution in [0.1, 0.15) is 349 Å². The summed E-state index contributed by atoms with van der Waals surface area (Å²) in [4.78, 5) is 38.1. The van der Waals surface area contributed by atoms with Gasteiger partial charge in [-0.15, -0.1) is 0 Å². The van der Waals surface area contributed by atoms with Crippen molar-refractivity contribution in [2.45, 2.75) is 355 Å². The van der Waals surface area contributed by atoms with Crippen molar-refractivity contribution in [1.82, 2.24) is 0 Å². The lowest BCUT2D eigenvalue weighted by Crippen LogP contribution is -2.30. The molecule has 0 saturated heterocycles. The van der Waals surface area contributed by atoms with E-state index in [9.17, 15) is 14.4 Å². The van der Waals surface area contributed by atoms with Crippen molar-refractivity contribution < 1.29 is 28.6 Å². The van der Waals surface area contributed by atoms with Gasteiger partial charge in [0.1, 0.15) is 13.2 Å². The van der Waals surface area contributed by atoms with Crippen LogP contribution in [0.5, 0.6) is 0 Å². The van der Waals surface area contributed by atoms with Crippen LogP contribution in [0, 0.1) is 5.92 Å². The van der Waals surface area contributed by atoms with E-state index < -0.39 is 6.10 Å².